The van der Waals surface area contributed by atoms with Crippen molar-refractivity contribution in [3.05, 3.63) is 107 Å². The van der Waals surface area contributed by atoms with E-state index in [1.165, 1.54) is 23.9 Å². The fourth-order valence-corrected chi connectivity index (χ4v) is 3.75. The molecule has 0 saturated carbocycles. The topological polar surface area (TPSA) is 127 Å². The van der Waals surface area contributed by atoms with Gasteiger partial charge >= 0.3 is 0 Å². The lowest BCUT2D eigenvalue weighted by molar-refractivity contribution is -0.384. The van der Waals surface area contributed by atoms with E-state index in [-0.39, 0.29) is 12.3 Å². The summed E-state index contributed by atoms with van der Waals surface area (Å²) in [6, 6.07) is 21.0. The predicted molar refractivity (Wildman–Crippen MR) is 133 cm³/mol. The molecule has 0 radical (unpaired) electrons. The van der Waals surface area contributed by atoms with Crippen molar-refractivity contribution in [2.75, 3.05) is 7.11 Å². The molecule has 0 saturated heterocycles. The second-order valence-corrected chi connectivity index (χ2v) is 7.92. The van der Waals surface area contributed by atoms with Crippen molar-refractivity contribution in [1.82, 2.24) is 24.8 Å². The number of hydrogen-bond donors (Lipinski definition) is 0. The molecule has 3 aromatic carbocycles. The Bertz CT molecular complexity index is 1580. The van der Waals surface area contributed by atoms with Gasteiger partial charge < -0.3 is 9.47 Å². The molecule has 11 heteroatoms. The zero-order valence-electron chi connectivity index (χ0n) is 19.6. The third kappa shape index (κ3) is 4.91. The Morgan fingerprint density at radius 1 is 1.00 bits per heavy atom. The Labute approximate surface area is 210 Å². The molecule has 0 atom stereocenters. The fourth-order valence-electron chi connectivity index (χ4n) is 3.75. The van der Waals surface area contributed by atoms with Crippen molar-refractivity contribution in [3.8, 4) is 34.1 Å². The van der Waals surface area contributed by atoms with Gasteiger partial charge in [-0.3, -0.25) is 14.9 Å². The molecule has 0 fully saturated rings. The number of non-ortho nitro benzene ring substituents is 1. The molecular weight excluding hydrogens is 476 g/mol. The van der Waals surface area contributed by atoms with Gasteiger partial charge in [-0.25, -0.2) is 9.36 Å². The minimum atomic E-state index is -0.495. The van der Waals surface area contributed by atoms with Crippen LogP contribution in [0, 0.1) is 10.1 Å². The number of aromatic nitrogens is 5. The molecule has 0 aliphatic carbocycles. The number of nitro groups is 1. The molecule has 2 aromatic heterocycles. The average molecular weight is 496 g/mol. The highest BCUT2D eigenvalue weighted by atomic mass is 16.6. The third-order valence-corrected chi connectivity index (χ3v) is 5.55. The first kappa shape index (κ1) is 23.4. The number of aldehydes is 1. The summed E-state index contributed by atoms with van der Waals surface area (Å²) in [4.78, 5) is 22.3. The highest BCUT2D eigenvalue weighted by molar-refractivity contribution is 5.85. The van der Waals surface area contributed by atoms with Gasteiger partial charge in [-0.05, 0) is 30.3 Å². The van der Waals surface area contributed by atoms with Crippen LogP contribution in [0.2, 0.25) is 0 Å². The molecule has 2 heterocycles. The van der Waals surface area contributed by atoms with Gasteiger partial charge in [0.25, 0.3) is 5.69 Å². The Kier molecular flexibility index (Phi) is 6.41. The van der Waals surface area contributed by atoms with Crippen molar-refractivity contribution in [2.24, 2.45) is 0 Å². The summed E-state index contributed by atoms with van der Waals surface area (Å²) < 4.78 is 14.3. The first-order chi connectivity index (χ1) is 18.1. The number of nitro benzene ring substituents is 1. The first-order valence-corrected chi connectivity index (χ1v) is 11.1. The van der Waals surface area contributed by atoms with Gasteiger partial charge in [0.1, 0.15) is 29.4 Å². The van der Waals surface area contributed by atoms with E-state index in [0.29, 0.717) is 34.1 Å². The third-order valence-electron chi connectivity index (χ3n) is 5.55. The average Bonchev–Trinajstić information content (AvgIpc) is 3.60. The zero-order valence-corrected chi connectivity index (χ0v) is 19.6. The maximum absolute atomic E-state index is 11.7. The van der Waals surface area contributed by atoms with Crippen molar-refractivity contribution < 1.29 is 19.2 Å². The molecule has 0 unspecified atom stereocenters. The van der Waals surface area contributed by atoms with Gasteiger partial charge in [0.05, 0.1) is 35.5 Å². The summed E-state index contributed by atoms with van der Waals surface area (Å²) in [5.41, 5.74) is 3.53. The maximum Gasteiger partial charge on any atom is 0.273 e. The quantitative estimate of drug-likeness (QED) is 0.167. The van der Waals surface area contributed by atoms with Crippen LogP contribution in [0.5, 0.6) is 11.5 Å². The summed E-state index contributed by atoms with van der Waals surface area (Å²) >= 11 is 0. The van der Waals surface area contributed by atoms with Crippen molar-refractivity contribution >= 4 is 12.0 Å². The number of benzene rings is 3. The second kappa shape index (κ2) is 10.1. The molecule has 0 aliphatic heterocycles. The largest absolute Gasteiger partial charge is 0.494 e. The minimum Gasteiger partial charge on any atom is -0.494 e. The van der Waals surface area contributed by atoms with Gasteiger partial charge in [-0.15, -0.1) is 5.10 Å². The van der Waals surface area contributed by atoms with Crippen LogP contribution in [0.1, 0.15) is 16.1 Å². The van der Waals surface area contributed by atoms with Crippen LogP contribution in [0.3, 0.4) is 0 Å². The number of methoxy groups -OCH3 is 1. The van der Waals surface area contributed by atoms with Crippen LogP contribution in [0.25, 0.3) is 22.6 Å². The van der Waals surface area contributed by atoms with Crippen LogP contribution in [-0.4, -0.2) is 43.1 Å². The Morgan fingerprint density at radius 3 is 2.59 bits per heavy atom. The molecule has 11 nitrogen and oxygen atoms in total. The lowest BCUT2D eigenvalue weighted by Gasteiger charge is -2.07. The van der Waals surface area contributed by atoms with Gasteiger partial charge in [0, 0.05) is 17.8 Å². The highest BCUT2D eigenvalue weighted by Crippen LogP contribution is 2.28. The van der Waals surface area contributed by atoms with Crippen LogP contribution >= 0.6 is 0 Å². The molecule has 5 aromatic rings. The number of ether oxygens (including phenoxy) is 2. The van der Waals surface area contributed by atoms with Crippen LogP contribution in [-0.2, 0) is 6.61 Å². The number of para-hydroxylation sites is 1. The molecule has 0 aliphatic rings. The summed E-state index contributed by atoms with van der Waals surface area (Å²) in [5.74, 6) is 0.853. The normalized spacial score (nSPS) is 10.7. The molecule has 5 rings (SSSR count). The minimum absolute atomic E-state index is 0.0875. The molecular formula is C26H20N6O5. The van der Waals surface area contributed by atoms with E-state index in [1.54, 1.807) is 35.3 Å². The second-order valence-electron chi connectivity index (χ2n) is 7.92. The smallest absolute Gasteiger partial charge is 0.273 e. The van der Waals surface area contributed by atoms with E-state index in [4.69, 9.17) is 9.47 Å². The highest BCUT2D eigenvalue weighted by Gasteiger charge is 2.15. The molecule has 37 heavy (non-hydrogen) atoms. The summed E-state index contributed by atoms with van der Waals surface area (Å²) in [6.07, 6.45) is 4.12. The fraction of sp³-hybridized carbons (Fsp3) is 0.0769. The molecule has 0 amide bonds. The van der Waals surface area contributed by atoms with Crippen LogP contribution in [0.4, 0.5) is 5.69 Å². The number of hydrogen-bond acceptors (Lipinski definition) is 8. The number of nitrogens with zero attached hydrogens (tertiary/aromatic N) is 6. The Morgan fingerprint density at radius 2 is 1.84 bits per heavy atom. The first-order valence-electron chi connectivity index (χ1n) is 11.1. The van der Waals surface area contributed by atoms with Crippen molar-refractivity contribution in [1.29, 1.82) is 0 Å². The predicted octanol–water partition coefficient (Wildman–Crippen LogP) is 4.43. The SMILES string of the molecule is COc1cc([N+](=O)[O-])ccc1-n1cc(COc2cccc(-c3nn(-c4ccccc4)cc3C=O)c2)nn1. The monoisotopic (exact) mass is 496 g/mol. The zero-order chi connectivity index (χ0) is 25.8. The maximum atomic E-state index is 11.7. The van der Waals surface area contributed by atoms with E-state index >= 15 is 0 Å². The summed E-state index contributed by atoms with van der Waals surface area (Å²) in [6.45, 7) is 0.123. The molecule has 0 N–H and O–H groups in total. The lowest BCUT2D eigenvalue weighted by Crippen LogP contribution is -2.00. The molecule has 0 bridgehead atoms. The summed E-state index contributed by atoms with van der Waals surface area (Å²) in [5, 5.41) is 23.8. The van der Waals surface area contributed by atoms with Gasteiger partial charge in [-0.2, -0.15) is 5.10 Å². The van der Waals surface area contributed by atoms with E-state index in [2.05, 4.69) is 15.4 Å². The standard InChI is InChI=1S/C26H20N6O5/c1-36-25-13-22(32(34)35)10-11-24(25)31-15-20(27-29-31)17-37-23-9-5-6-18(12-23)26-19(16-33)14-30(28-26)21-7-3-2-4-8-21/h2-16H,17H2,1H3. The Balaban J connectivity index is 1.34. The van der Waals surface area contributed by atoms with E-state index < -0.39 is 4.92 Å². The number of rotatable bonds is 9. The van der Waals surface area contributed by atoms with Gasteiger partial charge in [0.2, 0.25) is 0 Å². The van der Waals surface area contributed by atoms with Crippen LogP contribution < -0.4 is 9.47 Å². The number of carbonyl (C=O) groups is 1. The van der Waals surface area contributed by atoms with Crippen molar-refractivity contribution in [3.63, 3.8) is 0 Å². The van der Waals surface area contributed by atoms with Gasteiger partial charge in [0.15, 0.2) is 12.0 Å². The van der Waals surface area contributed by atoms with Crippen LogP contribution in [0.15, 0.2) is 85.2 Å². The van der Waals surface area contributed by atoms with E-state index in [1.807, 2.05) is 42.5 Å². The number of carbonyl (C=O) groups excluding carboxylic acids is 1. The van der Waals surface area contributed by atoms with E-state index in [9.17, 15) is 14.9 Å². The summed E-state index contributed by atoms with van der Waals surface area (Å²) in [7, 11) is 1.43. The molecule has 0 spiro atoms. The lowest BCUT2D eigenvalue weighted by atomic mass is 10.1. The van der Waals surface area contributed by atoms with Gasteiger partial charge in [-0.1, -0.05) is 35.5 Å². The molecule has 184 valence electrons. The Hall–Kier alpha value is -5.32. The van der Waals surface area contributed by atoms with Crippen molar-refractivity contribution in [2.45, 2.75) is 6.61 Å². The van der Waals surface area contributed by atoms with E-state index in [0.717, 1.165) is 17.5 Å².